The van der Waals surface area contributed by atoms with E-state index in [1.807, 2.05) is 0 Å². The lowest BCUT2D eigenvalue weighted by Crippen LogP contribution is -2.49. The van der Waals surface area contributed by atoms with Crippen LogP contribution < -0.4 is 5.32 Å². The van der Waals surface area contributed by atoms with Crippen LogP contribution in [0, 0.1) is 5.92 Å². The Morgan fingerprint density at radius 2 is 1.89 bits per heavy atom. The molecule has 1 aliphatic rings. The number of benzene rings is 1. The second-order valence-electron chi connectivity index (χ2n) is 6.43. The van der Waals surface area contributed by atoms with Crippen LogP contribution in [0.4, 0.5) is 13.2 Å². The summed E-state index contributed by atoms with van der Waals surface area (Å²) in [6.07, 6.45) is -4.67. The lowest BCUT2D eigenvalue weighted by Gasteiger charge is -2.29. The third-order valence-electron chi connectivity index (χ3n) is 4.55. The number of amides is 1. The Bertz CT molecular complexity index is 702. The summed E-state index contributed by atoms with van der Waals surface area (Å²) in [4.78, 5) is 36.0. The van der Waals surface area contributed by atoms with Crippen LogP contribution in [-0.2, 0) is 25.3 Å². The molecule has 0 unspecified atom stereocenters. The molecule has 1 saturated carbocycles. The lowest BCUT2D eigenvalue weighted by atomic mass is 9.83. The van der Waals surface area contributed by atoms with Crippen molar-refractivity contribution in [1.29, 1.82) is 0 Å². The minimum Gasteiger partial charge on any atom is -0.467 e. The molecule has 1 aromatic rings. The average Bonchev–Trinajstić information content (AvgIpc) is 2.64. The third kappa shape index (κ3) is 5.29. The number of rotatable bonds is 5. The summed E-state index contributed by atoms with van der Waals surface area (Å²) in [6.45, 7) is 0. The van der Waals surface area contributed by atoms with Gasteiger partial charge in [0.2, 0.25) is 0 Å². The van der Waals surface area contributed by atoms with E-state index in [1.54, 1.807) is 0 Å². The first-order valence-corrected chi connectivity index (χ1v) is 8.38. The molecule has 1 amide bonds. The van der Waals surface area contributed by atoms with E-state index in [9.17, 15) is 32.7 Å². The Kier molecular flexibility index (Phi) is 6.59. The van der Waals surface area contributed by atoms with E-state index in [0.29, 0.717) is 19.3 Å². The van der Waals surface area contributed by atoms with Gasteiger partial charge in [-0.1, -0.05) is 12.1 Å². The van der Waals surface area contributed by atoms with Crippen molar-refractivity contribution in [2.75, 3.05) is 7.11 Å². The van der Waals surface area contributed by atoms with Crippen LogP contribution in [0.3, 0.4) is 0 Å². The molecule has 0 radical (unpaired) electrons. The zero-order valence-electron chi connectivity index (χ0n) is 14.6. The summed E-state index contributed by atoms with van der Waals surface area (Å²) in [5.41, 5.74) is -0.962. The van der Waals surface area contributed by atoms with Crippen LogP contribution in [0.2, 0.25) is 0 Å². The largest absolute Gasteiger partial charge is 0.467 e. The summed E-state index contributed by atoms with van der Waals surface area (Å²) >= 11 is 0. The number of ketones is 1. The molecular formula is C18H20F3NO5. The van der Waals surface area contributed by atoms with Crippen molar-refractivity contribution < 1.29 is 37.4 Å². The fourth-order valence-electron chi connectivity index (χ4n) is 3.08. The van der Waals surface area contributed by atoms with E-state index in [1.165, 1.54) is 0 Å². The number of ether oxygens (including phenoxy) is 1. The number of nitrogens with one attached hydrogen (secondary N) is 1. The van der Waals surface area contributed by atoms with E-state index >= 15 is 0 Å². The van der Waals surface area contributed by atoms with Crippen molar-refractivity contribution in [3.05, 3.63) is 35.4 Å². The minimum absolute atomic E-state index is 0.0299. The predicted octanol–water partition coefficient (Wildman–Crippen LogP) is 2.16. The molecule has 0 aliphatic heterocycles. The molecule has 0 aromatic heterocycles. The number of aliphatic hydroxyl groups is 1. The van der Waals surface area contributed by atoms with Crippen LogP contribution >= 0.6 is 0 Å². The maximum absolute atomic E-state index is 12.6. The van der Waals surface area contributed by atoms with Gasteiger partial charge < -0.3 is 15.2 Å². The Labute approximate surface area is 153 Å². The fraction of sp³-hybridized carbons (Fsp3) is 0.500. The molecule has 27 heavy (non-hydrogen) atoms. The zero-order chi connectivity index (χ0) is 20.2. The number of aliphatic hydroxyl groups excluding tert-OH is 1. The van der Waals surface area contributed by atoms with Gasteiger partial charge in [0.1, 0.15) is 11.8 Å². The molecule has 1 aromatic carbocycles. The number of Topliss-reactive ketones (excluding diaryl/α,β-unsaturated/α-hetero) is 1. The average molecular weight is 387 g/mol. The highest BCUT2D eigenvalue weighted by Gasteiger charge is 2.36. The Morgan fingerprint density at radius 1 is 1.26 bits per heavy atom. The standard InChI is InChI=1S/C18H20F3NO5/c1-27-17(26)14(11-3-2-4-13(23)9-11)22-16(25)15(24)10-5-7-12(8-6-10)18(19,20)21/h5-8,11,14-15,24H,2-4,9H2,1H3,(H,22,25)/t11-,14+,15+/m1/s1. The van der Waals surface area contributed by atoms with Gasteiger partial charge in [-0.25, -0.2) is 4.79 Å². The third-order valence-corrected chi connectivity index (χ3v) is 4.55. The predicted molar refractivity (Wildman–Crippen MR) is 87.3 cm³/mol. The summed E-state index contributed by atoms with van der Waals surface area (Å²) in [7, 11) is 1.14. The van der Waals surface area contributed by atoms with Crippen LogP contribution in [-0.4, -0.2) is 35.9 Å². The summed E-state index contributed by atoms with van der Waals surface area (Å²) < 4.78 is 42.5. The number of alkyl halides is 3. The Hall–Kier alpha value is -2.42. The molecule has 0 bridgehead atoms. The quantitative estimate of drug-likeness (QED) is 0.756. The minimum atomic E-state index is -4.53. The van der Waals surface area contributed by atoms with Gasteiger partial charge in [0.05, 0.1) is 12.7 Å². The molecule has 9 heteroatoms. The number of hydrogen-bond acceptors (Lipinski definition) is 5. The van der Waals surface area contributed by atoms with E-state index < -0.39 is 41.7 Å². The van der Waals surface area contributed by atoms with E-state index in [-0.39, 0.29) is 17.8 Å². The first-order chi connectivity index (χ1) is 12.6. The number of esters is 1. The second kappa shape index (κ2) is 8.51. The normalized spacial score (nSPS) is 19.9. The van der Waals surface area contributed by atoms with E-state index in [2.05, 4.69) is 10.1 Å². The van der Waals surface area contributed by atoms with Crippen LogP contribution in [0.25, 0.3) is 0 Å². The van der Waals surface area contributed by atoms with E-state index in [0.717, 1.165) is 31.4 Å². The van der Waals surface area contributed by atoms with Crippen LogP contribution in [0.5, 0.6) is 0 Å². The van der Waals surface area contributed by atoms with Crippen LogP contribution in [0.15, 0.2) is 24.3 Å². The zero-order valence-corrected chi connectivity index (χ0v) is 14.6. The first-order valence-electron chi connectivity index (χ1n) is 8.38. The topological polar surface area (TPSA) is 92.7 Å². The monoisotopic (exact) mass is 387 g/mol. The maximum atomic E-state index is 12.6. The molecule has 2 N–H and O–H groups in total. The molecule has 0 heterocycles. The molecule has 0 spiro atoms. The Morgan fingerprint density at radius 3 is 2.41 bits per heavy atom. The Balaban J connectivity index is 2.11. The van der Waals surface area contributed by atoms with Gasteiger partial charge in [0, 0.05) is 12.8 Å². The van der Waals surface area contributed by atoms with Crippen molar-refractivity contribution in [2.24, 2.45) is 5.92 Å². The van der Waals surface area contributed by atoms with Gasteiger partial charge in [-0.3, -0.25) is 9.59 Å². The van der Waals surface area contributed by atoms with Crippen LogP contribution in [0.1, 0.15) is 42.9 Å². The second-order valence-corrected chi connectivity index (χ2v) is 6.43. The highest BCUT2D eigenvalue weighted by molar-refractivity contribution is 5.88. The molecule has 1 aliphatic carbocycles. The fourth-order valence-corrected chi connectivity index (χ4v) is 3.08. The molecule has 148 valence electrons. The van der Waals surface area contributed by atoms with Gasteiger partial charge in [0.25, 0.3) is 5.91 Å². The number of methoxy groups -OCH3 is 1. The highest BCUT2D eigenvalue weighted by Crippen LogP contribution is 2.30. The van der Waals surface area contributed by atoms with E-state index in [4.69, 9.17) is 0 Å². The molecule has 3 atom stereocenters. The summed E-state index contributed by atoms with van der Waals surface area (Å²) in [6, 6.07) is 2.37. The number of carbonyl (C=O) groups excluding carboxylic acids is 3. The summed E-state index contributed by atoms with van der Waals surface area (Å²) in [5, 5.41) is 12.5. The smallest absolute Gasteiger partial charge is 0.416 e. The molecule has 6 nitrogen and oxygen atoms in total. The number of halogens is 3. The van der Waals surface area contributed by atoms with Gasteiger partial charge in [-0.2, -0.15) is 13.2 Å². The first kappa shape index (κ1) is 20.9. The van der Waals surface area contributed by atoms with Crippen molar-refractivity contribution in [3.8, 4) is 0 Å². The molecule has 2 rings (SSSR count). The molecule has 1 fully saturated rings. The van der Waals surface area contributed by atoms with Crippen molar-refractivity contribution in [1.82, 2.24) is 5.32 Å². The highest BCUT2D eigenvalue weighted by atomic mass is 19.4. The van der Waals surface area contributed by atoms with Gasteiger partial charge >= 0.3 is 12.1 Å². The van der Waals surface area contributed by atoms with Gasteiger partial charge in [0.15, 0.2) is 6.10 Å². The van der Waals surface area contributed by atoms with Crippen molar-refractivity contribution in [3.63, 3.8) is 0 Å². The molecular weight excluding hydrogens is 367 g/mol. The van der Waals surface area contributed by atoms with Gasteiger partial charge in [-0.05, 0) is 36.5 Å². The van der Waals surface area contributed by atoms with Gasteiger partial charge in [-0.15, -0.1) is 0 Å². The number of hydrogen-bond donors (Lipinski definition) is 2. The van der Waals surface area contributed by atoms with Crippen molar-refractivity contribution in [2.45, 2.75) is 44.0 Å². The molecule has 0 saturated heterocycles. The SMILES string of the molecule is COC(=O)[C@@H](NC(=O)[C@@H](O)c1ccc(C(F)(F)F)cc1)[C@@H]1CCCC(=O)C1. The summed E-state index contributed by atoms with van der Waals surface area (Å²) in [5.74, 6) is -2.19. The maximum Gasteiger partial charge on any atom is 0.416 e. The number of carbonyl (C=O) groups is 3. The lowest BCUT2D eigenvalue weighted by molar-refractivity contribution is -0.149. The van der Waals surface area contributed by atoms with Crippen molar-refractivity contribution >= 4 is 17.7 Å².